The number of amides is 2. The van der Waals surface area contributed by atoms with Crippen LogP contribution in [-0.4, -0.2) is 86.7 Å². The Morgan fingerprint density at radius 1 is 1.06 bits per heavy atom. The van der Waals surface area contributed by atoms with Crippen molar-refractivity contribution in [1.29, 1.82) is 0 Å². The molecule has 3 aromatic heterocycles. The van der Waals surface area contributed by atoms with Gasteiger partial charge in [0.05, 0.1) is 53.2 Å². The number of esters is 1. The van der Waals surface area contributed by atoms with Crippen molar-refractivity contribution in [2.75, 3.05) is 32.1 Å². The molecule has 0 bridgehead atoms. The summed E-state index contributed by atoms with van der Waals surface area (Å²) in [6, 6.07) is 5.01. The Kier molecular flexibility index (Phi) is 10.1. The van der Waals surface area contributed by atoms with Crippen molar-refractivity contribution < 1.29 is 38.1 Å². The van der Waals surface area contributed by atoms with Crippen LogP contribution < -0.4 is 10.1 Å². The lowest BCUT2D eigenvalue weighted by atomic mass is 10.1. The van der Waals surface area contributed by atoms with Gasteiger partial charge in [0.15, 0.2) is 0 Å². The number of ether oxygens (including phenoxy) is 4. The lowest BCUT2D eigenvalue weighted by molar-refractivity contribution is -0.110. The number of anilines is 1. The van der Waals surface area contributed by atoms with Crippen LogP contribution >= 0.6 is 0 Å². The van der Waals surface area contributed by atoms with Gasteiger partial charge >= 0.3 is 18.2 Å². The molecule has 0 atom stereocenters. The molecule has 0 fully saturated rings. The highest BCUT2D eigenvalue weighted by atomic mass is 16.6. The molecule has 2 N–H and O–H groups in total. The van der Waals surface area contributed by atoms with Crippen molar-refractivity contribution in [3.63, 3.8) is 0 Å². The first-order valence-corrected chi connectivity index (χ1v) is 15.3. The van der Waals surface area contributed by atoms with Gasteiger partial charge in [0.2, 0.25) is 5.88 Å². The Balaban J connectivity index is 1.64. The maximum Gasteiger partial charge on any atom is 0.435 e. The van der Waals surface area contributed by atoms with Crippen LogP contribution in [-0.2, 0) is 19.0 Å². The zero-order valence-electron chi connectivity index (χ0n) is 28.3. The standard InChI is InChI=1S/C33H42N6O8/c1-10-44-29(41)20-16-19(2)34-25(20)17-21-26-24(36-27(21)40)13-12-23(35-26)22-18-39(31(43)47-33(6,7)8)37-28(22)45-15-11-14-38(9)30(42)46-32(3,4)5/h12-13,16-18,34H,10-11,14-15H2,1-9H3,(H,36,40)/b21-17-. The molecular formula is C33H42N6O8. The minimum Gasteiger partial charge on any atom is -0.476 e. The average Bonchev–Trinajstić information content (AvgIpc) is 3.64. The number of rotatable bonds is 9. The number of hydrogen-bond donors (Lipinski definition) is 2. The highest BCUT2D eigenvalue weighted by Crippen LogP contribution is 2.36. The molecule has 1 aliphatic heterocycles. The summed E-state index contributed by atoms with van der Waals surface area (Å²) in [5, 5.41) is 7.14. The second-order valence-corrected chi connectivity index (χ2v) is 13.0. The second kappa shape index (κ2) is 13.7. The number of H-pyrrole nitrogens is 1. The van der Waals surface area contributed by atoms with Crippen molar-refractivity contribution in [1.82, 2.24) is 24.6 Å². The van der Waals surface area contributed by atoms with Gasteiger partial charge in [0, 0.05) is 19.3 Å². The third kappa shape index (κ3) is 8.77. The molecular weight excluding hydrogens is 608 g/mol. The van der Waals surface area contributed by atoms with Crippen molar-refractivity contribution in [3.05, 3.63) is 47.0 Å². The van der Waals surface area contributed by atoms with E-state index in [2.05, 4.69) is 15.4 Å². The first-order valence-electron chi connectivity index (χ1n) is 15.3. The quantitative estimate of drug-likeness (QED) is 0.127. The molecule has 1 aliphatic rings. The fraction of sp³-hybridized carbons (Fsp3) is 0.455. The number of carbonyl (C=O) groups excluding carboxylic acids is 4. The molecule has 2 amide bonds. The first kappa shape index (κ1) is 34.7. The third-order valence-corrected chi connectivity index (χ3v) is 6.53. The van der Waals surface area contributed by atoms with Crippen LogP contribution in [0, 0.1) is 6.92 Å². The summed E-state index contributed by atoms with van der Waals surface area (Å²) in [6.45, 7) is 14.8. The zero-order chi connectivity index (χ0) is 34.7. The number of nitrogens with zero attached hydrogens (tertiary/aromatic N) is 4. The summed E-state index contributed by atoms with van der Waals surface area (Å²) in [5.41, 5.74) is 1.80. The number of aromatic amines is 1. The lowest BCUT2D eigenvalue weighted by Gasteiger charge is -2.24. The smallest absolute Gasteiger partial charge is 0.435 e. The maximum atomic E-state index is 13.1. The van der Waals surface area contributed by atoms with Crippen molar-refractivity contribution in [3.8, 4) is 17.1 Å². The van der Waals surface area contributed by atoms with Gasteiger partial charge in [-0.25, -0.2) is 19.4 Å². The number of fused-ring (bicyclic) bond motifs is 1. The van der Waals surface area contributed by atoms with Crippen molar-refractivity contribution in [2.45, 2.75) is 73.0 Å². The van der Waals surface area contributed by atoms with Crippen LogP contribution in [0.1, 0.15) is 82.3 Å². The summed E-state index contributed by atoms with van der Waals surface area (Å²) in [4.78, 5) is 60.2. The molecule has 0 aromatic carbocycles. The Morgan fingerprint density at radius 2 is 1.77 bits per heavy atom. The maximum absolute atomic E-state index is 13.1. The molecule has 47 heavy (non-hydrogen) atoms. The number of nitrogens with one attached hydrogen (secondary N) is 2. The van der Waals surface area contributed by atoms with Gasteiger partial charge in [-0.2, -0.15) is 4.68 Å². The normalized spacial score (nSPS) is 13.6. The summed E-state index contributed by atoms with van der Waals surface area (Å²) >= 11 is 0. The van der Waals surface area contributed by atoms with Gasteiger partial charge in [0.25, 0.3) is 5.91 Å². The van der Waals surface area contributed by atoms with Crippen LogP contribution in [0.4, 0.5) is 15.3 Å². The molecule has 0 unspecified atom stereocenters. The molecule has 3 aromatic rings. The lowest BCUT2D eigenvalue weighted by Crippen LogP contribution is -2.35. The molecule has 14 nitrogen and oxygen atoms in total. The molecule has 4 rings (SSSR count). The van der Waals surface area contributed by atoms with Crippen LogP contribution in [0.15, 0.2) is 24.4 Å². The molecule has 0 saturated carbocycles. The topological polar surface area (TPSA) is 167 Å². The van der Waals surface area contributed by atoms with Crippen molar-refractivity contribution in [2.24, 2.45) is 0 Å². The predicted octanol–water partition coefficient (Wildman–Crippen LogP) is 5.67. The van der Waals surface area contributed by atoms with Crippen LogP contribution in [0.5, 0.6) is 5.88 Å². The minimum absolute atomic E-state index is 0.107. The number of hydrogen-bond acceptors (Lipinski definition) is 10. The van der Waals surface area contributed by atoms with E-state index in [4.69, 9.17) is 23.9 Å². The monoisotopic (exact) mass is 650 g/mol. The predicted molar refractivity (Wildman–Crippen MR) is 174 cm³/mol. The van der Waals surface area contributed by atoms with E-state index in [1.165, 1.54) is 11.1 Å². The van der Waals surface area contributed by atoms with E-state index >= 15 is 0 Å². The van der Waals surface area contributed by atoms with E-state index in [9.17, 15) is 19.2 Å². The van der Waals surface area contributed by atoms with Crippen LogP contribution in [0.2, 0.25) is 0 Å². The summed E-state index contributed by atoms with van der Waals surface area (Å²) in [5.74, 6) is -0.810. The van der Waals surface area contributed by atoms with Gasteiger partial charge in [0.1, 0.15) is 16.9 Å². The number of pyridine rings is 1. The molecule has 0 spiro atoms. The van der Waals surface area contributed by atoms with E-state index < -0.39 is 35.3 Å². The van der Waals surface area contributed by atoms with Gasteiger partial charge in [-0.1, -0.05) is 0 Å². The summed E-state index contributed by atoms with van der Waals surface area (Å²) in [6.07, 6.45) is 2.28. The van der Waals surface area contributed by atoms with Gasteiger partial charge in [-0.3, -0.25) is 4.79 Å². The van der Waals surface area contributed by atoms with Crippen LogP contribution in [0.25, 0.3) is 22.9 Å². The third-order valence-electron chi connectivity index (χ3n) is 6.53. The van der Waals surface area contributed by atoms with E-state index in [1.807, 2.05) is 0 Å². The van der Waals surface area contributed by atoms with Gasteiger partial charge in [-0.15, -0.1) is 5.10 Å². The first-order chi connectivity index (χ1) is 22.0. The summed E-state index contributed by atoms with van der Waals surface area (Å²) in [7, 11) is 1.63. The highest BCUT2D eigenvalue weighted by molar-refractivity contribution is 6.34. The molecule has 252 valence electrons. The minimum atomic E-state index is -0.771. The van der Waals surface area contributed by atoms with Gasteiger partial charge < -0.3 is 34.1 Å². The fourth-order valence-electron chi connectivity index (χ4n) is 4.54. The Morgan fingerprint density at radius 3 is 2.43 bits per heavy atom. The molecule has 4 heterocycles. The average molecular weight is 651 g/mol. The second-order valence-electron chi connectivity index (χ2n) is 13.0. The Labute approximate surface area is 273 Å². The molecule has 0 saturated heterocycles. The molecule has 0 radical (unpaired) electrons. The highest BCUT2D eigenvalue weighted by Gasteiger charge is 2.29. The Bertz CT molecular complexity index is 1710. The van der Waals surface area contributed by atoms with Crippen LogP contribution in [0.3, 0.4) is 0 Å². The fourth-order valence-corrected chi connectivity index (χ4v) is 4.54. The number of aryl methyl sites for hydroxylation is 1. The Hall–Kier alpha value is -5.14. The van der Waals surface area contributed by atoms with Gasteiger partial charge in [-0.05, 0) is 86.1 Å². The summed E-state index contributed by atoms with van der Waals surface area (Å²) < 4.78 is 23.1. The number of aromatic nitrogens is 4. The van der Waals surface area contributed by atoms with E-state index in [-0.39, 0.29) is 24.7 Å². The SMILES string of the molecule is CCOC(=O)c1cc(C)[nH]c1/C=C1\C(=O)Nc2ccc(-c3cn(C(=O)OC(C)(C)C)nc3OCCCN(C)C(=O)OC(C)(C)C)nc21. The van der Waals surface area contributed by atoms with E-state index in [0.29, 0.717) is 52.6 Å². The van der Waals surface area contributed by atoms with E-state index in [0.717, 1.165) is 4.68 Å². The zero-order valence-corrected chi connectivity index (χ0v) is 28.3. The van der Waals surface area contributed by atoms with Crippen molar-refractivity contribution >= 4 is 41.4 Å². The number of carbonyl (C=O) groups is 4. The molecule has 0 aliphatic carbocycles. The largest absolute Gasteiger partial charge is 0.476 e. The molecule has 14 heteroatoms. The van der Waals surface area contributed by atoms with E-state index in [1.54, 1.807) is 86.7 Å².